The van der Waals surface area contributed by atoms with E-state index in [1.807, 2.05) is 0 Å². The summed E-state index contributed by atoms with van der Waals surface area (Å²) in [5.41, 5.74) is 5.66. The number of nitrogens with two attached hydrogens (primary N) is 1. The zero-order valence-electron chi connectivity index (χ0n) is 9.37. The SMILES string of the molecule is CC(Cc1nc(CN)no1)C(C)(C)C. The fraction of sp³-hybridized carbons (Fsp3) is 0.800. The molecule has 0 fully saturated rings. The number of nitrogens with zero attached hydrogens (tertiary/aromatic N) is 2. The van der Waals surface area contributed by atoms with Crippen LogP contribution in [0.1, 0.15) is 39.4 Å². The number of hydrogen-bond acceptors (Lipinski definition) is 4. The van der Waals surface area contributed by atoms with E-state index in [1.54, 1.807) is 0 Å². The molecule has 1 aromatic rings. The van der Waals surface area contributed by atoms with Crippen LogP contribution in [0.2, 0.25) is 0 Å². The first-order valence-corrected chi connectivity index (χ1v) is 4.95. The molecule has 0 saturated carbocycles. The first-order valence-electron chi connectivity index (χ1n) is 4.95. The normalized spacial score (nSPS) is 14.4. The van der Waals surface area contributed by atoms with E-state index in [0.29, 0.717) is 24.2 Å². The van der Waals surface area contributed by atoms with Gasteiger partial charge in [0, 0.05) is 6.42 Å². The highest BCUT2D eigenvalue weighted by Gasteiger charge is 2.22. The average molecular weight is 197 g/mol. The van der Waals surface area contributed by atoms with Gasteiger partial charge >= 0.3 is 0 Å². The van der Waals surface area contributed by atoms with Crippen molar-refractivity contribution in [2.24, 2.45) is 17.1 Å². The van der Waals surface area contributed by atoms with Gasteiger partial charge in [-0.3, -0.25) is 0 Å². The molecule has 0 bridgehead atoms. The van der Waals surface area contributed by atoms with Crippen LogP contribution in [0.15, 0.2) is 4.52 Å². The minimum absolute atomic E-state index is 0.261. The second-order valence-electron chi connectivity index (χ2n) is 4.78. The molecule has 4 nitrogen and oxygen atoms in total. The summed E-state index contributed by atoms with van der Waals surface area (Å²) in [7, 11) is 0. The molecule has 1 atom stereocenters. The van der Waals surface area contributed by atoms with Crippen LogP contribution >= 0.6 is 0 Å². The molecule has 0 saturated heterocycles. The molecule has 2 N–H and O–H groups in total. The van der Waals surface area contributed by atoms with Crippen molar-refractivity contribution in [2.75, 3.05) is 0 Å². The summed E-state index contributed by atoms with van der Waals surface area (Å²) in [5.74, 6) is 1.78. The van der Waals surface area contributed by atoms with Crippen molar-refractivity contribution in [3.8, 4) is 0 Å². The van der Waals surface area contributed by atoms with Gasteiger partial charge < -0.3 is 10.3 Å². The molecule has 1 rings (SSSR count). The average Bonchev–Trinajstić information content (AvgIpc) is 2.50. The molecule has 0 radical (unpaired) electrons. The van der Waals surface area contributed by atoms with Gasteiger partial charge in [-0.1, -0.05) is 32.9 Å². The quantitative estimate of drug-likeness (QED) is 0.801. The Morgan fingerprint density at radius 1 is 1.43 bits per heavy atom. The van der Waals surface area contributed by atoms with Gasteiger partial charge in [0.05, 0.1) is 6.54 Å². The molecule has 14 heavy (non-hydrogen) atoms. The zero-order valence-corrected chi connectivity index (χ0v) is 9.37. The molecule has 1 heterocycles. The van der Waals surface area contributed by atoms with Gasteiger partial charge in [-0.2, -0.15) is 4.98 Å². The Kier molecular flexibility index (Phi) is 3.26. The van der Waals surface area contributed by atoms with E-state index in [1.165, 1.54) is 0 Å². The first kappa shape index (κ1) is 11.2. The predicted molar refractivity (Wildman–Crippen MR) is 54.5 cm³/mol. The molecule has 0 aliphatic heterocycles. The molecule has 80 valence electrons. The zero-order chi connectivity index (χ0) is 10.8. The van der Waals surface area contributed by atoms with E-state index in [4.69, 9.17) is 10.3 Å². The highest BCUT2D eigenvalue weighted by Crippen LogP contribution is 2.27. The lowest BCUT2D eigenvalue weighted by molar-refractivity contribution is 0.236. The third kappa shape index (κ3) is 2.80. The Bertz CT molecular complexity index is 288. The summed E-state index contributed by atoms with van der Waals surface area (Å²) in [6.07, 6.45) is 0.816. The van der Waals surface area contributed by atoms with Crippen molar-refractivity contribution in [1.29, 1.82) is 0 Å². The van der Waals surface area contributed by atoms with Gasteiger partial charge in [-0.25, -0.2) is 0 Å². The largest absolute Gasteiger partial charge is 0.339 e. The van der Waals surface area contributed by atoms with Gasteiger partial charge in [0.25, 0.3) is 0 Å². The Hall–Kier alpha value is -0.900. The first-order chi connectivity index (χ1) is 6.43. The van der Waals surface area contributed by atoms with Gasteiger partial charge in [0.15, 0.2) is 5.82 Å². The van der Waals surface area contributed by atoms with E-state index in [0.717, 1.165) is 6.42 Å². The summed E-state index contributed by atoms with van der Waals surface area (Å²) in [5, 5.41) is 3.76. The maximum absolute atomic E-state index is 5.39. The van der Waals surface area contributed by atoms with Crippen molar-refractivity contribution in [2.45, 2.75) is 40.7 Å². The molecular formula is C10H19N3O. The Balaban J connectivity index is 2.60. The van der Waals surface area contributed by atoms with Crippen molar-refractivity contribution in [3.63, 3.8) is 0 Å². The lowest BCUT2D eigenvalue weighted by atomic mass is 9.80. The summed E-state index contributed by atoms with van der Waals surface area (Å²) in [4.78, 5) is 4.18. The number of rotatable bonds is 3. The molecule has 0 aromatic carbocycles. The summed E-state index contributed by atoms with van der Waals surface area (Å²) in [6, 6.07) is 0. The molecule has 1 aromatic heterocycles. The highest BCUT2D eigenvalue weighted by atomic mass is 16.5. The molecular weight excluding hydrogens is 178 g/mol. The molecule has 0 spiro atoms. The van der Waals surface area contributed by atoms with Crippen LogP contribution in [-0.4, -0.2) is 10.1 Å². The van der Waals surface area contributed by atoms with E-state index >= 15 is 0 Å². The maximum Gasteiger partial charge on any atom is 0.226 e. The number of aromatic nitrogens is 2. The monoisotopic (exact) mass is 197 g/mol. The van der Waals surface area contributed by atoms with Gasteiger partial charge in [-0.05, 0) is 11.3 Å². The Morgan fingerprint density at radius 2 is 2.07 bits per heavy atom. The van der Waals surface area contributed by atoms with Crippen LogP contribution in [0.3, 0.4) is 0 Å². The smallest absolute Gasteiger partial charge is 0.226 e. The van der Waals surface area contributed by atoms with Gasteiger partial charge in [0.1, 0.15) is 0 Å². The summed E-state index contributed by atoms with van der Waals surface area (Å²) >= 11 is 0. The standard InChI is InChI=1S/C10H19N3O/c1-7(10(2,3)4)5-9-12-8(6-11)13-14-9/h7H,5-6,11H2,1-4H3. The Morgan fingerprint density at radius 3 is 2.50 bits per heavy atom. The number of hydrogen-bond donors (Lipinski definition) is 1. The second kappa shape index (κ2) is 4.09. The van der Waals surface area contributed by atoms with E-state index < -0.39 is 0 Å². The maximum atomic E-state index is 5.39. The molecule has 4 heteroatoms. The second-order valence-corrected chi connectivity index (χ2v) is 4.78. The Labute approximate surface area is 84.9 Å². The van der Waals surface area contributed by atoms with E-state index in [9.17, 15) is 0 Å². The third-order valence-electron chi connectivity index (χ3n) is 2.65. The van der Waals surface area contributed by atoms with Gasteiger partial charge in [-0.15, -0.1) is 0 Å². The molecule has 0 aliphatic rings. The van der Waals surface area contributed by atoms with Crippen molar-refractivity contribution < 1.29 is 4.52 Å². The fourth-order valence-corrected chi connectivity index (χ4v) is 1.02. The van der Waals surface area contributed by atoms with Crippen LogP contribution in [0.25, 0.3) is 0 Å². The summed E-state index contributed by atoms with van der Waals surface area (Å²) in [6.45, 7) is 9.15. The van der Waals surface area contributed by atoms with Crippen molar-refractivity contribution in [1.82, 2.24) is 10.1 Å². The predicted octanol–water partition coefficient (Wildman–Crippen LogP) is 1.75. The fourth-order valence-electron chi connectivity index (χ4n) is 1.02. The van der Waals surface area contributed by atoms with Crippen LogP contribution in [0.4, 0.5) is 0 Å². The van der Waals surface area contributed by atoms with Crippen LogP contribution in [0, 0.1) is 11.3 Å². The van der Waals surface area contributed by atoms with Crippen LogP contribution in [-0.2, 0) is 13.0 Å². The minimum Gasteiger partial charge on any atom is -0.339 e. The van der Waals surface area contributed by atoms with Crippen molar-refractivity contribution >= 4 is 0 Å². The minimum atomic E-state index is 0.261. The van der Waals surface area contributed by atoms with E-state index in [-0.39, 0.29) is 5.41 Å². The molecule has 0 aliphatic carbocycles. The van der Waals surface area contributed by atoms with Crippen LogP contribution < -0.4 is 5.73 Å². The lowest BCUT2D eigenvalue weighted by Crippen LogP contribution is -2.19. The highest BCUT2D eigenvalue weighted by molar-refractivity contribution is 4.88. The van der Waals surface area contributed by atoms with Crippen LogP contribution in [0.5, 0.6) is 0 Å². The van der Waals surface area contributed by atoms with E-state index in [2.05, 4.69) is 37.8 Å². The van der Waals surface area contributed by atoms with Crippen molar-refractivity contribution in [3.05, 3.63) is 11.7 Å². The topological polar surface area (TPSA) is 64.9 Å². The summed E-state index contributed by atoms with van der Waals surface area (Å²) < 4.78 is 5.08. The molecule has 1 unspecified atom stereocenters. The lowest BCUT2D eigenvalue weighted by Gasteiger charge is -2.25. The van der Waals surface area contributed by atoms with Gasteiger partial charge in [0.2, 0.25) is 5.89 Å². The molecule has 0 amide bonds. The third-order valence-corrected chi connectivity index (χ3v) is 2.65.